The third kappa shape index (κ3) is 7.80. The molecule has 0 aliphatic rings. The molecule has 0 saturated heterocycles. The van der Waals surface area contributed by atoms with Gasteiger partial charge in [0.05, 0.1) is 22.7 Å². The molecular formula is C74H62N2O2. The fourth-order valence-corrected chi connectivity index (χ4v) is 12.5. The number of hydrogen-bond acceptors (Lipinski definition) is 4. The van der Waals surface area contributed by atoms with E-state index < -0.39 is 0 Å². The molecule has 0 atom stereocenters. The Balaban J connectivity index is 1.09. The molecule has 0 spiro atoms. The first-order valence-electron chi connectivity index (χ1n) is 27.4. The van der Waals surface area contributed by atoms with E-state index in [1.54, 1.807) is 0 Å². The summed E-state index contributed by atoms with van der Waals surface area (Å²) < 4.78 is 7.28. The van der Waals surface area contributed by atoms with Crippen molar-refractivity contribution in [1.29, 1.82) is 0 Å². The standard InChI is InChI=1S/C74H62N2O2/c1-44(2)62-42-68(75(64-33-15-11-23-48(64)7)66-35-19-29-54(72(66)77)51-26-17-25-50(41-51)52-27-13-9-21-46(52)5)60-39-37-56-63(45(3)4)43-69(61-40-38-55(62)70(60)71(56)61)76(65-34-16-12-24-49(65)8)67-36-20-32-59-58-31-18-30-57(73(58)78-74(59)67)53-28-14-10-22-47(53)6/h9-45,77H,1-8H3. The average Bonchev–Trinajstić information content (AvgIpc) is 3.99. The number of phenolic OH excluding ortho intramolecular Hbond substituents is 1. The Bertz CT molecular complexity index is 4480. The van der Waals surface area contributed by atoms with Crippen molar-refractivity contribution in [2.24, 2.45) is 0 Å². The lowest BCUT2D eigenvalue weighted by atomic mass is 9.84. The van der Waals surface area contributed by atoms with Crippen LogP contribution in [0.1, 0.15) is 72.9 Å². The van der Waals surface area contributed by atoms with Gasteiger partial charge in [0.15, 0.2) is 5.58 Å². The second kappa shape index (κ2) is 19.2. The Morgan fingerprint density at radius 1 is 0.321 bits per heavy atom. The highest BCUT2D eigenvalue weighted by Crippen LogP contribution is 2.54. The van der Waals surface area contributed by atoms with Gasteiger partial charge in [0.1, 0.15) is 11.3 Å². The molecule has 0 aliphatic heterocycles. The molecule has 0 unspecified atom stereocenters. The zero-order valence-corrected chi connectivity index (χ0v) is 45.6. The number of aromatic hydroxyl groups is 1. The topological polar surface area (TPSA) is 39.9 Å². The van der Waals surface area contributed by atoms with Gasteiger partial charge >= 0.3 is 0 Å². The van der Waals surface area contributed by atoms with Crippen LogP contribution in [-0.4, -0.2) is 5.11 Å². The number of aryl methyl sites for hydroxylation is 4. The van der Waals surface area contributed by atoms with Crippen LogP contribution >= 0.6 is 0 Å². The van der Waals surface area contributed by atoms with Crippen LogP contribution in [0, 0.1) is 27.7 Å². The minimum Gasteiger partial charge on any atom is -0.505 e. The molecule has 1 N–H and O–H groups in total. The van der Waals surface area contributed by atoms with Crippen LogP contribution in [0.25, 0.3) is 87.6 Å². The number of rotatable bonds is 11. The van der Waals surface area contributed by atoms with Crippen molar-refractivity contribution in [3.8, 4) is 39.1 Å². The van der Waals surface area contributed by atoms with E-state index in [1.165, 1.54) is 54.9 Å². The van der Waals surface area contributed by atoms with Crippen LogP contribution in [0.15, 0.2) is 217 Å². The molecule has 0 aliphatic carbocycles. The van der Waals surface area contributed by atoms with Gasteiger partial charge in [-0.25, -0.2) is 0 Å². The second-order valence-electron chi connectivity index (χ2n) is 21.9. The van der Waals surface area contributed by atoms with E-state index in [2.05, 4.69) is 271 Å². The van der Waals surface area contributed by atoms with Crippen LogP contribution in [-0.2, 0) is 0 Å². The predicted octanol–water partition coefficient (Wildman–Crippen LogP) is 21.6. The van der Waals surface area contributed by atoms with Gasteiger partial charge in [0, 0.05) is 44.0 Å². The lowest BCUT2D eigenvalue weighted by Gasteiger charge is -2.32. The molecule has 1 aromatic heterocycles. The Labute approximate surface area is 457 Å². The summed E-state index contributed by atoms with van der Waals surface area (Å²) in [4.78, 5) is 4.78. The van der Waals surface area contributed by atoms with E-state index in [4.69, 9.17) is 4.42 Å². The first kappa shape index (κ1) is 48.5. The summed E-state index contributed by atoms with van der Waals surface area (Å²) in [5.74, 6) is 0.602. The van der Waals surface area contributed by atoms with Gasteiger partial charge in [-0.2, -0.15) is 0 Å². The van der Waals surface area contributed by atoms with Gasteiger partial charge in [-0.05, 0) is 159 Å². The van der Waals surface area contributed by atoms with Crippen molar-refractivity contribution in [2.45, 2.75) is 67.2 Å². The smallest absolute Gasteiger partial charge is 0.159 e. The molecule has 0 bridgehead atoms. The van der Waals surface area contributed by atoms with Crippen LogP contribution < -0.4 is 9.80 Å². The quantitative estimate of drug-likeness (QED) is 0.131. The van der Waals surface area contributed by atoms with Gasteiger partial charge in [0.2, 0.25) is 0 Å². The number of benzene rings is 12. The Morgan fingerprint density at radius 2 is 0.731 bits per heavy atom. The highest BCUT2D eigenvalue weighted by molar-refractivity contribution is 6.30. The van der Waals surface area contributed by atoms with Crippen molar-refractivity contribution in [2.75, 3.05) is 9.80 Å². The van der Waals surface area contributed by atoms with E-state index in [0.717, 1.165) is 94.5 Å². The summed E-state index contributed by atoms with van der Waals surface area (Å²) in [6, 6.07) is 76.5. The molecule has 0 radical (unpaired) electrons. The highest BCUT2D eigenvalue weighted by atomic mass is 16.3. The number of nitrogens with zero attached hydrogens (tertiary/aromatic N) is 2. The first-order valence-corrected chi connectivity index (χ1v) is 27.4. The Morgan fingerprint density at radius 3 is 1.29 bits per heavy atom. The van der Waals surface area contributed by atoms with E-state index in [9.17, 15) is 5.11 Å². The van der Waals surface area contributed by atoms with Crippen LogP contribution in [0.3, 0.4) is 0 Å². The monoisotopic (exact) mass is 1010 g/mol. The summed E-state index contributed by atoms with van der Waals surface area (Å²) in [7, 11) is 0. The normalized spacial score (nSPS) is 11.9. The van der Waals surface area contributed by atoms with Gasteiger partial charge in [0.25, 0.3) is 0 Å². The molecule has 0 saturated carbocycles. The maximum Gasteiger partial charge on any atom is 0.159 e. The second-order valence-corrected chi connectivity index (χ2v) is 21.9. The average molecular weight is 1010 g/mol. The van der Waals surface area contributed by atoms with E-state index >= 15 is 0 Å². The fourth-order valence-electron chi connectivity index (χ4n) is 12.5. The Hall–Kier alpha value is -9.12. The fraction of sp³-hybridized carbons (Fsp3) is 0.135. The number of hydrogen-bond donors (Lipinski definition) is 1. The number of furan rings is 1. The van der Waals surface area contributed by atoms with Gasteiger partial charge in [-0.1, -0.05) is 198 Å². The molecule has 4 heteroatoms. The summed E-state index contributed by atoms with van der Waals surface area (Å²) in [6.45, 7) is 17.9. The van der Waals surface area contributed by atoms with Crippen LogP contribution in [0.5, 0.6) is 5.75 Å². The molecule has 380 valence electrons. The van der Waals surface area contributed by atoms with Crippen molar-refractivity contribution < 1.29 is 9.52 Å². The van der Waals surface area contributed by atoms with Gasteiger partial charge < -0.3 is 19.3 Å². The molecular weight excluding hydrogens is 949 g/mol. The van der Waals surface area contributed by atoms with Gasteiger partial charge in [-0.15, -0.1) is 0 Å². The summed E-state index contributed by atoms with van der Waals surface area (Å²) in [5.41, 5.74) is 21.1. The zero-order valence-electron chi connectivity index (χ0n) is 45.6. The molecule has 13 aromatic rings. The van der Waals surface area contributed by atoms with Crippen LogP contribution in [0.4, 0.5) is 34.1 Å². The minimum absolute atomic E-state index is 0.180. The predicted molar refractivity (Wildman–Crippen MR) is 332 cm³/mol. The summed E-state index contributed by atoms with van der Waals surface area (Å²) in [6.07, 6.45) is 0. The van der Waals surface area contributed by atoms with Crippen molar-refractivity contribution in [3.05, 3.63) is 246 Å². The largest absolute Gasteiger partial charge is 0.505 e. The summed E-state index contributed by atoms with van der Waals surface area (Å²) >= 11 is 0. The SMILES string of the molecule is Cc1ccccc1-c1cccc(-c2cccc(N(c3ccccc3C)c3cc(C(C)C)c4ccc5c(N(c6ccccc6C)c6cccc7c6oc6c(-c8ccccc8C)cccc67)cc(C(C)C)c6ccc3c4c65)c2O)c1. The van der Waals surface area contributed by atoms with E-state index in [-0.39, 0.29) is 17.6 Å². The zero-order chi connectivity index (χ0) is 53.5. The Kier molecular flexibility index (Phi) is 11.9. The third-order valence-corrected chi connectivity index (χ3v) is 16.4. The van der Waals surface area contributed by atoms with Crippen LogP contribution in [0.2, 0.25) is 0 Å². The molecule has 1 heterocycles. The molecule has 0 amide bonds. The first-order chi connectivity index (χ1) is 38.0. The lowest BCUT2D eigenvalue weighted by molar-refractivity contribution is 0.478. The minimum atomic E-state index is 0.180. The molecule has 13 rings (SSSR count). The summed E-state index contributed by atoms with van der Waals surface area (Å²) in [5, 5.41) is 22.3. The van der Waals surface area contributed by atoms with Crippen molar-refractivity contribution >= 4 is 88.4 Å². The third-order valence-electron chi connectivity index (χ3n) is 16.4. The van der Waals surface area contributed by atoms with E-state index in [0.29, 0.717) is 5.69 Å². The number of phenols is 1. The molecule has 12 aromatic carbocycles. The van der Waals surface area contributed by atoms with E-state index in [1.807, 2.05) is 6.07 Å². The van der Waals surface area contributed by atoms with Crippen molar-refractivity contribution in [3.63, 3.8) is 0 Å². The van der Waals surface area contributed by atoms with Crippen molar-refractivity contribution in [1.82, 2.24) is 0 Å². The maximum absolute atomic E-state index is 12.9. The highest BCUT2D eigenvalue weighted by Gasteiger charge is 2.30. The molecule has 0 fully saturated rings. The number of para-hydroxylation sites is 5. The molecule has 78 heavy (non-hydrogen) atoms. The lowest BCUT2D eigenvalue weighted by Crippen LogP contribution is -2.14. The number of anilines is 6. The van der Waals surface area contributed by atoms with Gasteiger partial charge in [-0.3, -0.25) is 0 Å². The number of fused-ring (bicyclic) bond motifs is 3. The molecule has 4 nitrogen and oxygen atoms in total. The maximum atomic E-state index is 12.9.